The maximum atomic E-state index is 11.6. The molecule has 0 saturated heterocycles. The van der Waals surface area contributed by atoms with E-state index >= 15 is 0 Å². The molecule has 0 fully saturated rings. The van der Waals surface area contributed by atoms with Crippen LogP contribution in [0, 0.1) is 0 Å². The average Bonchev–Trinajstić information content (AvgIpc) is 3.26. The monoisotopic (exact) mass is 540 g/mol. The van der Waals surface area contributed by atoms with Crippen LogP contribution in [0.5, 0.6) is 0 Å². The van der Waals surface area contributed by atoms with Crippen molar-refractivity contribution in [2.45, 2.75) is 180 Å². The maximum absolute atomic E-state index is 11.6. The molecule has 1 heterocycles. The Hall–Kier alpha value is -1.57. The van der Waals surface area contributed by atoms with Gasteiger partial charge in [0.05, 0.1) is 0 Å². The van der Waals surface area contributed by atoms with E-state index in [1.807, 2.05) is 13.0 Å². The number of hydrogen-bond donors (Lipinski definition) is 0. The molecule has 0 aliphatic carbocycles. The highest BCUT2D eigenvalue weighted by Gasteiger charge is 2.21. The van der Waals surface area contributed by atoms with Crippen molar-refractivity contribution in [3.05, 3.63) is 48.1 Å². The van der Waals surface area contributed by atoms with E-state index in [-0.39, 0.29) is 12.1 Å². The van der Waals surface area contributed by atoms with E-state index in [1.165, 1.54) is 148 Å². The van der Waals surface area contributed by atoms with Gasteiger partial charge >= 0.3 is 5.97 Å². The molecule has 224 valence electrons. The first-order valence-electron chi connectivity index (χ1n) is 17.1. The maximum Gasteiger partial charge on any atom is 0.334 e. The molecule has 0 amide bonds. The van der Waals surface area contributed by atoms with Crippen LogP contribution in [0.1, 0.15) is 174 Å². The minimum atomic E-state index is -0.0939. The van der Waals surface area contributed by atoms with Gasteiger partial charge < -0.3 is 4.74 Å². The minimum absolute atomic E-state index is 0.0207. The summed E-state index contributed by atoms with van der Waals surface area (Å²) in [6.45, 7) is 4.22. The second-order valence-corrected chi connectivity index (χ2v) is 11.7. The summed E-state index contributed by atoms with van der Waals surface area (Å²) >= 11 is 0. The van der Waals surface area contributed by atoms with Gasteiger partial charge in [-0.1, -0.05) is 140 Å². The second-order valence-electron chi connectivity index (χ2n) is 11.7. The zero-order valence-corrected chi connectivity index (χ0v) is 26.1. The second kappa shape index (κ2) is 28.0. The molecule has 0 N–H and O–H groups in total. The van der Waals surface area contributed by atoms with E-state index < -0.39 is 0 Å². The molecule has 1 rings (SSSR count). The van der Waals surface area contributed by atoms with E-state index in [0.29, 0.717) is 0 Å². The number of hydrogen-bond acceptors (Lipinski definition) is 2. The number of unbranched alkanes of at least 4 members (excludes halogenated alkanes) is 20. The van der Waals surface area contributed by atoms with Crippen molar-refractivity contribution in [2.75, 3.05) is 0 Å². The van der Waals surface area contributed by atoms with Gasteiger partial charge in [-0.2, -0.15) is 0 Å². The Balaban J connectivity index is 1.74. The SMILES string of the molecule is CCCCCCCCCC/C=C\CC/C=C\CC/C=C\CCCCCCCCCCCCC1=C[C@H](C)OC1=O. The Bertz CT molecular complexity index is 669. The molecule has 0 saturated carbocycles. The highest BCUT2D eigenvalue weighted by molar-refractivity contribution is 5.90. The Morgan fingerprint density at radius 3 is 1.28 bits per heavy atom. The minimum Gasteiger partial charge on any atom is -0.455 e. The first kappa shape index (κ1) is 35.5. The molecule has 1 atom stereocenters. The van der Waals surface area contributed by atoms with Crippen LogP contribution in [0.2, 0.25) is 0 Å². The van der Waals surface area contributed by atoms with Gasteiger partial charge in [-0.15, -0.1) is 0 Å². The molecule has 0 bridgehead atoms. The van der Waals surface area contributed by atoms with E-state index in [0.717, 1.165) is 18.4 Å². The first-order valence-corrected chi connectivity index (χ1v) is 17.1. The Morgan fingerprint density at radius 1 is 0.538 bits per heavy atom. The number of cyclic esters (lactones) is 1. The summed E-state index contributed by atoms with van der Waals surface area (Å²) in [6, 6.07) is 0. The van der Waals surface area contributed by atoms with Gasteiger partial charge in [0.1, 0.15) is 6.10 Å². The molecule has 0 aromatic heterocycles. The normalized spacial score (nSPS) is 15.8. The van der Waals surface area contributed by atoms with Crippen LogP contribution < -0.4 is 0 Å². The molecular formula is C37H64O2. The lowest BCUT2D eigenvalue weighted by molar-refractivity contribution is -0.139. The van der Waals surface area contributed by atoms with Crippen LogP contribution in [0.3, 0.4) is 0 Å². The van der Waals surface area contributed by atoms with E-state index in [1.54, 1.807) is 0 Å². The molecule has 39 heavy (non-hydrogen) atoms. The molecule has 1 aliphatic rings. The molecule has 0 aromatic carbocycles. The van der Waals surface area contributed by atoms with Gasteiger partial charge in [-0.3, -0.25) is 0 Å². The van der Waals surface area contributed by atoms with Crippen LogP contribution >= 0.6 is 0 Å². The lowest BCUT2D eigenvalue weighted by Crippen LogP contribution is -2.03. The molecule has 2 heteroatoms. The van der Waals surface area contributed by atoms with Crippen LogP contribution in [0.4, 0.5) is 0 Å². The molecule has 0 unspecified atom stereocenters. The Labute approximate surface area is 243 Å². The Kier molecular flexibility index (Phi) is 25.4. The third-order valence-corrected chi connectivity index (χ3v) is 7.78. The smallest absolute Gasteiger partial charge is 0.334 e. The van der Waals surface area contributed by atoms with Crippen molar-refractivity contribution >= 4 is 5.97 Å². The summed E-state index contributed by atoms with van der Waals surface area (Å²) in [7, 11) is 0. The van der Waals surface area contributed by atoms with Crippen molar-refractivity contribution in [3.8, 4) is 0 Å². The lowest BCUT2D eigenvalue weighted by Gasteiger charge is -2.03. The van der Waals surface area contributed by atoms with Crippen molar-refractivity contribution in [1.82, 2.24) is 0 Å². The van der Waals surface area contributed by atoms with Gasteiger partial charge in [0.25, 0.3) is 0 Å². The number of allylic oxidation sites excluding steroid dienone is 6. The van der Waals surface area contributed by atoms with Gasteiger partial charge in [-0.05, 0) is 77.2 Å². The van der Waals surface area contributed by atoms with Crippen molar-refractivity contribution in [2.24, 2.45) is 0 Å². The number of carbonyl (C=O) groups is 1. The lowest BCUT2D eigenvalue weighted by atomic mass is 10.0. The highest BCUT2D eigenvalue weighted by atomic mass is 16.5. The fourth-order valence-corrected chi connectivity index (χ4v) is 5.30. The number of carbonyl (C=O) groups excluding carboxylic acids is 1. The van der Waals surface area contributed by atoms with Gasteiger partial charge in [-0.25, -0.2) is 4.79 Å². The van der Waals surface area contributed by atoms with E-state index in [2.05, 4.69) is 43.4 Å². The summed E-state index contributed by atoms with van der Waals surface area (Å²) in [5.74, 6) is -0.0939. The van der Waals surface area contributed by atoms with Crippen LogP contribution in [0.15, 0.2) is 48.1 Å². The van der Waals surface area contributed by atoms with E-state index in [4.69, 9.17) is 4.74 Å². The number of esters is 1. The summed E-state index contributed by atoms with van der Waals surface area (Å²) < 4.78 is 5.15. The van der Waals surface area contributed by atoms with Crippen LogP contribution in [0.25, 0.3) is 0 Å². The molecular weight excluding hydrogens is 476 g/mol. The summed E-state index contributed by atoms with van der Waals surface area (Å²) in [6.07, 6.45) is 48.9. The Morgan fingerprint density at radius 2 is 0.897 bits per heavy atom. The zero-order valence-electron chi connectivity index (χ0n) is 26.1. The quantitative estimate of drug-likeness (QED) is 0.0560. The van der Waals surface area contributed by atoms with Gasteiger partial charge in [0.2, 0.25) is 0 Å². The standard InChI is InChI=1S/C37H64O2/c1-3-4-5-6-7-8-9-10-11-12-13-14-15-16-17-18-19-20-21-22-23-24-25-26-27-28-29-30-31-32-33-36-34-35(2)39-37(36)38/h12-13,16-17,20-21,34-35H,3-11,14-15,18-19,22-33H2,1-2H3/b13-12-,17-16-,21-20-/t35-/m0/s1. The number of rotatable bonds is 28. The zero-order chi connectivity index (χ0) is 28.1. The van der Waals surface area contributed by atoms with E-state index in [9.17, 15) is 4.79 Å². The molecule has 2 nitrogen and oxygen atoms in total. The van der Waals surface area contributed by atoms with Gasteiger partial charge in [0.15, 0.2) is 0 Å². The average molecular weight is 541 g/mol. The van der Waals surface area contributed by atoms with Crippen molar-refractivity contribution < 1.29 is 9.53 Å². The summed E-state index contributed by atoms with van der Waals surface area (Å²) in [5.41, 5.74) is 0.896. The summed E-state index contributed by atoms with van der Waals surface area (Å²) in [4.78, 5) is 11.6. The van der Waals surface area contributed by atoms with Gasteiger partial charge in [0, 0.05) is 5.57 Å². The largest absolute Gasteiger partial charge is 0.455 e. The highest BCUT2D eigenvalue weighted by Crippen LogP contribution is 2.20. The third-order valence-electron chi connectivity index (χ3n) is 7.78. The van der Waals surface area contributed by atoms with Crippen molar-refractivity contribution in [3.63, 3.8) is 0 Å². The molecule has 0 aromatic rings. The van der Waals surface area contributed by atoms with Crippen molar-refractivity contribution in [1.29, 1.82) is 0 Å². The predicted molar refractivity (Wildman–Crippen MR) is 172 cm³/mol. The summed E-state index contributed by atoms with van der Waals surface area (Å²) in [5, 5.41) is 0. The first-order chi connectivity index (χ1) is 19.2. The third kappa shape index (κ3) is 24.0. The fraction of sp³-hybridized carbons (Fsp3) is 0.757. The molecule has 1 aliphatic heterocycles. The molecule has 0 radical (unpaired) electrons. The van der Waals surface area contributed by atoms with Crippen LogP contribution in [-0.4, -0.2) is 12.1 Å². The predicted octanol–water partition coefficient (Wildman–Crippen LogP) is 12.3. The number of ether oxygens (including phenoxy) is 1. The molecule has 0 spiro atoms. The fourth-order valence-electron chi connectivity index (χ4n) is 5.30. The topological polar surface area (TPSA) is 26.3 Å². The van der Waals surface area contributed by atoms with Crippen LogP contribution in [-0.2, 0) is 9.53 Å².